The molecule has 0 aliphatic carbocycles. The van der Waals surface area contributed by atoms with Gasteiger partial charge in [-0.2, -0.15) is 0 Å². The first kappa shape index (κ1) is 15.2. The molecule has 0 radical (unpaired) electrons. The SMILES string of the molecule is CNC(=O)CNC(=O)Nc1ccc(/C=C/C(=O)O)cc1. The van der Waals surface area contributed by atoms with E-state index in [0.717, 1.165) is 6.08 Å². The molecule has 0 bridgehead atoms. The van der Waals surface area contributed by atoms with Crippen LogP contribution in [0.2, 0.25) is 0 Å². The first-order valence-corrected chi connectivity index (χ1v) is 5.78. The fourth-order valence-electron chi connectivity index (χ4n) is 1.27. The molecule has 0 heterocycles. The van der Waals surface area contributed by atoms with Crippen LogP contribution in [0.25, 0.3) is 6.08 Å². The molecule has 0 unspecified atom stereocenters. The zero-order valence-corrected chi connectivity index (χ0v) is 10.8. The number of carbonyl (C=O) groups excluding carboxylic acids is 2. The molecular formula is C13H15N3O4. The monoisotopic (exact) mass is 277 g/mol. The maximum atomic E-state index is 11.4. The second kappa shape index (κ2) is 7.57. The second-order valence-electron chi connectivity index (χ2n) is 3.77. The molecule has 0 spiro atoms. The van der Waals surface area contributed by atoms with Gasteiger partial charge in [0.15, 0.2) is 0 Å². The van der Waals surface area contributed by atoms with E-state index in [1.165, 1.54) is 13.1 Å². The van der Waals surface area contributed by atoms with E-state index in [2.05, 4.69) is 16.0 Å². The third kappa shape index (κ3) is 5.67. The summed E-state index contributed by atoms with van der Waals surface area (Å²) in [6, 6.07) is 6.08. The highest BCUT2D eigenvalue weighted by Crippen LogP contribution is 2.10. The van der Waals surface area contributed by atoms with E-state index in [-0.39, 0.29) is 12.5 Å². The first-order valence-electron chi connectivity index (χ1n) is 5.78. The third-order valence-electron chi connectivity index (χ3n) is 2.28. The molecule has 0 fully saturated rings. The molecule has 7 heteroatoms. The van der Waals surface area contributed by atoms with Crippen LogP contribution in [0.15, 0.2) is 30.3 Å². The van der Waals surface area contributed by atoms with Crippen LogP contribution in [0.5, 0.6) is 0 Å². The van der Waals surface area contributed by atoms with Crippen LogP contribution in [-0.2, 0) is 9.59 Å². The number of amides is 3. The Balaban J connectivity index is 2.50. The largest absolute Gasteiger partial charge is 0.478 e. The Morgan fingerprint density at radius 2 is 1.85 bits per heavy atom. The number of likely N-dealkylation sites (N-methyl/N-ethyl adjacent to an activating group) is 1. The van der Waals surface area contributed by atoms with Gasteiger partial charge in [0.2, 0.25) is 5.91 Å². The Morgan fingerprint density at radius 3 is 2.40 bits per heavy atom. The van der Waals surface area contributed by atoms with E-state index in [1.54, 1.807) is 24.3 Å². The topological polar surface area (TPSA) is 108 Å². The highest BCUT2D eigenvalue weighted by atomic mass is 16.4. The second-order valence-corrected chi connectivity index (χ2v) is 3.77. The molecule has 106 valence electrons. The minimum atomic E-state index is -1.03. The van der Waals surface area contributed by atoms with Crippen molar-refractivity contribution in [2.24, 2.45) is 0 Å². The van der Waals surface area contributed by atoms with E-state index >= 15 is 0 Å². The number of benzene rings is 1. The van der Waals surface area contributed by atoms with Gasteiger partial charge in [0.25, 0.3) is 0 Å². The number of carboxylic acid groups (broad SMARTS) is 1. The molecule has 1 aromatic carbocycles. The van der Waals surface area contributed by atoms with E-state index < -0.39 is 12.0 Å². The Labute approximate surface area is 115 Å². The minimum absolute atomic E-state index is 0.109. The predicted molar refractivity (Wildman–Crippen MR) is 74.2 cm³/mol. The standard InChI is InChI=1S/C13H15N3O4/c1-14-11(17)8-15-13(20)16-10-5-2-9(3-6-10)4-7-12(18)19/h2-7H,8H2,1H3,(H,14,17)(H,18,19)(H2,15,16,20)/b7-4+. The predicted octanol–water partition coefficient (Wildman–Crippen LogP) is 0.652. The van der Waals surface area contributed by atoms with Gasteiger partial charge in [-0.3, -0.25) is 4.79 Å². The molecule has 1 aromatic rings. The van der Waals surface area contributed by atoms with Gasteiger partial charge < -0.3 is 21.1 Å². The van der Waals surface area contributed by atoms with Crippen LogP contribution in [0.1, 0.15) is 5.56 Å². The fraction of sp³-hybridized carbons (Fsp3) is 0.154. The van der Waals surface area contributed by atoms with Crippen molar-refractivity contribution in [3.63, 3.8) is 0 Å². The van der Waals surface area contributed by atoms with Gasteiger partial charge >= 0.3 is 12.0 Å². The summed E-state index contributed by atoms with van der Waals surface area (Å²) in [5.74, 6) is -1.32. The Hall–Kier alpha value is -2.83. The summed E-state index contributed by atoms with van der Waals surface area (Å²) in [5.41, 5.74) is 1.23. The average molecular weight is 277 g/mol. The van der Waals surface area contributed by atoms with Gasteiger partial charge in [0.1, 0.15) is 0 Å². The van der Waals surface area contributed by atoms with Crippen molar-refractivity contribution in [3.05, 3.63) is 35.9 Å². The number of aliphatic carboxylic acids is 1. The summed E-state index contributed by atoms with van der Waals surface area (Å²) in [5, 5.41) is 15.8. The van der Waals surface area contributed by atoms with E-state index in [0.29, 0.717) is 11.3 Å². The van der Waals surface area contributed by atoms with Crippen molar-refractivity contribution in [1.29, 1.82) is 0 Å². The van der Waals surface area contributed by atoms with Gasteiger partial charge in [0, 0.05) is 18.8 Å². The number of hydrogen-bond acceptors (Lipinski definition) is 3. The summed E-state index contributed by atoms with van der Waals surface area (Å²) >= 11 is 0. The van der Waals surface area contributed by atoms with Crippen molar-refractivity contribution in [2.75, 3.05) is 18.9 Å². The highest BCUT2D eigenvalue weighted by molar-refractivity contribution is 5.92. The minimum Gasteiger partial charge on any atom is -0.478 e. The quantitative estimate of drug-likeness (QED) is 0.593. The number of nitrogens with one attached hydrogen (secondary N) is 3. The van der Waals surface area contributed by atoms with Crippen LogP contribution in [0, 0.1) is 0 Å². The lowest BCUT2D eigenvalue weighted by atomic mass is 10.2. The van der Waals surface area contributed by atoms with Crippen LogP contribution >= 0.6 is 0 Å². The van der Waals surface area contributed by atoms with Crippen molar-refractivity contribution < 1.29 is 19.5 Å². The molecule has 0 saturated carbocycles. The molecule has 0 aliphatic rings. The molecule has 20 heavy (non-hydrogen) atoms. The third-order valence-corrected chi connectivity index (χ3v) is 2.28. The molecule has 0 atom stereocenters. The zero-order valence-electron chi connectivity index (χ0n) is 10.8. The molecule has 0 aliphatic heterocycles. The highest BCUT2D eigenvalue weighted by Gasteiger charge is 2.03. The van der Waals surface area contributed by atoms with Crippen molar-refractivity contribution >= 4 is 29.7 Å². The van der Waals surface area contributed by atoms with Gasteiger partial charge in [-0.25, -0.2) is 9.59 Å². The lowest BCUT2D eigenvalue weighted by Crippen LogP contribution is -2.37. The Morgan fingerprint density at radius 1 is 1.20 bits per heavy atom. The van der Waals surface area contributed by atoms with E-state index in [4.69, 9.17) is 5.11 Å². The lowest BCUT2D eigenvalue weighted by molar-refractivity contribution is -0.131. The van der Waals surface area contributed by atoms with Gasteiger partial charge in [-0.1, -0.05) is 12.1 Å². The van der Waals surface area contributed by atoms with Crippen LogP contribution in [-0.4, -0.2) is 36.6 Å². The van der Waals surface area contributed by atoms with Crippen LogP contribution < -0.4 is 16.0 Å². The van der Waals surface area contributed by atoms with Crippen LogP contribution in [0.4, 0.5) is 10.5 Å². The molecule has 0 saturated heterocycles. The summed E-state index contributed by atoms with van der Waals surface area (Å²) in [6.07, 6.45) is 2.47. The summed E-state index contributed by atoms with van der Waals surface area (Å²) in [7, 11) is 1.48. The smallest absolute Gasteiger partial charge is 0.328 e. The number of carboxylic acids is 1. The normalized spacial score (nSPS) is 10.1. The average Bonchev–Trinajstić information content (AvgIpc) is 2.44. The zero-order chi connectivity index (χ0) is 15.0. The Kier molecular flexibility index (Phi) is 5.76. The van der Waals surface area contributed by atoms with Crippen molar-refractivity contribution in [2.45, 2.75) is 0 Å². The maximum Gasteiger partial charge on any atom is 0.328 e. The molecule has 0 aromatic heterocycles. The maximum absolute atomic E-state index is 11.4. The molecule has 1 rings (SSSR count). The summed E-state index contributed by atoms with van der Waals surface area (Å²) in [4.78, 5) is 32.7. The summed E-state index contributed by atoms with van der Waals surface area (Å²) in [6.45, 7) is -0.109. The van der Waals surface area contributed by atoms with E-state index in [1.807, 2.05) is 0 Å². The van der Waals surface area contributed by atoms with Gasteiger partial charge in [0.05, 0.1) is 6.54 Å². The molecular weight excluding hydrogens is 262 g/mol. The van der Waals surface area contributed by atoms with Crippen molar-refractivity contribution in [3.8, 4) is 0 Å². The number of anilines is 1. The molecule has 4 N–H and O–H groups in total. The number of rotatable bonds is 5. The lowest BCUT2D eigenvalue weighted by Gasteiger charge is -2.07. The first-order chi connectivity index (χ1) is 9.51. The Bertz CT molecular complexity index is 523. The van der Waals surface area contributed by atoms with Crippen molar-refractivity contribution in [1.82, 2.24) is 10.6 Å². The molecule has 3 amide bonds. The summed E-state index contributed by atoms with van der Waals surface area (Å²) < 4.78 is 0. The number of carbonyl (C=O) groups is 3. The number of hydrogen-bond donors (Lipinski definition) is 4. The van der Waals surface area contributed by atoms with E-state index in [9.17, 15) is 14.4 Å². The molecule has 7 nitrogen and oxygen atoms in total. The van der Waals surface area contributed by atoms with Crippen LogP contribution in [0.3, 0.4) is 0 Å². The van der Waals surface area contributed by atoms with Gasteiger partial charge in [-0.05, 0) is 23.8 Å². The fourth-order valence-corrected chi connectivity index (χ4v) is 1.27. The number of urea groups is 1. The van der Waals surface area contributed by atoms with Gasteiger partial charge in [-0.15, -0.1) is 0 Å².